The number of carboxylic acids is 1. The monoisotopic (exact) mass is 540 g/mol. The number of carboxylic acid groups (broad SMARTS) is 1. The summed E-state index contributed by atoms with van der Waals surface area (Å²) in [6.07, 6.45) is 1.76. The average molecular weight is 541 g/mol. The third-order valence-electron chi connectivity index (χ3n) is 8.89. The van der Waals surface area contributed by atoms with Crippen molar-refractivity contribution in [3.8, 4) is 0 Å². The largest absolute Gasteiger partial charge is 0.481 e. The topological polar surface area (TPSA) is 163 Å². The lowest BCUT2D eigenvalue weighted by Gasteiger charge is -2.41. The molecule has 3 rings (SSSR count). The van der Waals surface area contributed by atoms with E-state index in [4.69, 9.17) is 19.3 Å². The molecule has 0 bridgehead atoms. The summed E-state index contributed by atoms with van der Waals surface area (Å²) < 4.78 is 17.3. The molecule has 1 heterocycles. The second kappa shape index (κ2) is 10.9. The predicted octanol–water partition coefficient (Wildman–Crippen LogP) is 2.51. The number of epoxide rings is 1. The number of ether oxygens (including phenoxy) is 3. The molecule has 10 nitrogen and oxygen atoms in total. The van der Waals surface area contributed by atoms with E-state index in [9.17, 15) is 29.7 Å². The molecule has 0 radical (unpaired) electrons. The number of carbonyl (C=O) groups excluding carboxylic acids is 2. The van der Waals surface area contributed by atoms with E-state index in [2.05, 4.69) is 0 Å². The van der Waals surface area contributed by atoms with E-state index in [1.807, 2.05) is 13.8 Å². The lowest BCUT2D eigenvalue weighted by molar-refractivity contribution is -0.153. The van der Waals surface area contributed by atoms with Gasteiger partial charge in [-0.3, -0.25) is 14.4 Å². The van der Waals surface area contributed by atoms with Crippen LogP contribution in [0.5, 0.6) is 0 Å². The van der Waals surface area contributed by atoms with Gasteiger partial charge in [-0.05, 0) is 83.3 Å². The van der Waals surface area contributed by atoms with E-state index in [0.29, 0.717) is 31.3 Å². The van der Waals surface area contributed by atoms with Crippen LogP contribution in [-0.4, -0.2) is 80.1 Å². The maximum absolute atomic E-state index is 12.5. The third-order valence-corrected chi connectivity index (χ3v) is 8.89. The Morgan fingerprint density at radius 1 is 1.13 bits per heavy atom. The second-order valence-corrected chi connectivity index (χ2v) is 12.8. The fourth-order valence-corrected chi connectivity index (χ4v) is 6.51. The summed E-state index contributed by atoms with van der Waals surface area (Å²) in [7, 11) is 0. The number of esters is 2. The van der Waals surface area contributed by atoms with Crippen LogP contribution in [0.15, 0.2) is 11.6 Å². The average Bonchev–Trinajstić information content (AvgIpc) is 3.28. The number of aliphatic hydroxyl groups is 3. The standard InChI is InChI=1S/C28H44O10/c1-16(29)37-21-11-17(15-36-24(33)14-26(4,35)13-23(31)32)7-8-20(30)28(6)22(38-28)12-19-18(25(2,3)34)9-10-27(19,21)5/h11,18-22,30,34-35H,7-10,12-15H2,1-6H3,(H,31,32). The lowest BCUT2D eigenvalue weighted by atomic mass is 9.67. The molecule has 2 aliphatic carbocycles. The molecular weight excluding hydrogens is 496 g/mol. The Hall–Kier alpha value is -2.01. The first kappa shape index (κ1) is 30.5. The van der Waals surface area contributed by atoms with Gasteiger partial charge in [0.15, 0.2) is 0 Å². The Balaban J connectivity index is 1.92. The first-order valence-electron chi connectivity index (χ1n) is 13.4. The van der Waals surface area contributed by atoms with Crippen LogP contribution in [0.1, 0.15) is 86.5 Å². The lowest BCUT2D eigenvalue weighted by Crippen LogP contribution is -2.44. The number of hydrogen-bond donors (Lipinski definition) is 4. The zero-order valence-electron chi connectivity index (χ0n) is 23.4. The number of aliphatic carboxylic acids is 1. The van der Waals surface area contributed by atoms with Crippen molar-refractivity contribution >= 4 is 17.9 Å². The molecule has 1 aliphatic heterocycles. The molecule has 0 aromatic heterocycles. The van der Waals surface area contributed by atoms with Crippen molar-refractivity contribution in [2.24, 2.45) is 17.3 Å². The molecule has 0 aromatic carbocycles. The van der Waals surface area contributed by atoms with Crippen LogP contribution >= 0.6 is 0 Å². The molecule has 4 N–H and O–H groups in total. The zero-order valence-corrected chi connectivity index (χ0v) is 23.4. The van der Waals surface area contributed by atoms with Gasteiger partial charge in [0.25, 0.3) is 0 Å². The summed E-state index contributed by atoms with van der Waals surface area (Å²) in [6.45, 7) is 9.94. The van der Waals surface area contributed by atoms with E-state index >= 15 is 0 Å². The Morgan fingerprint density at radius 3 is 2.37 bits per heavy atom. The maximum atomic E-state index is 12.5. The second-order valence-electron chi connectivity index (χ2n) is 12.8. The molecule has 8 unspecified atom stereocenters. The van der Waals surface area contributed by atoms with Crippen LogP contribution in [0.25, 0.3) is 0 Å². The molecule has 2 fully saturated rings. The fourth-order valence-electron chi connectivity index (χ4n) is 6.51. The summed E-state index contributed by atoms with van der Waals surface area (Å²) in [4.78, 5) is 35.6. The van der Waals surface area contributed by atoms with Crippen molar-refractivity contribution in [1.29, 1.82) is 0 Å². The van der Waals surface area contributed by atoms with Gasteiger partial charge < -0.3 is 34.6 Å². The van der Waals surface area contributed by atoms with E-state index in [0.717, 1.165) is 6.42 Å². The minimum absolute atomic E-state index is 0.0739. The minimum Gasteiger partial charge on any atom is -0.481 e. The van der Waals surface area contributed by atoms with E-state index < -0.39 is 65.2 Å². The molecule has 38 heavy (non-hydrogen) atoms. The van der Waals surface area contributed by atoms with Gasteiger partial charge in [0.2, 0.25) is 0 Å². The molecule has 0 aromatic rings. The first-order chi connectivity index (χ1) is 17.4. The van der Waals surface area contributed by atoms with Crippen molar-refractivity contribution < 1.29 is 49.0 Å². The Bertz CT molecular complexity index is 950. The third kappa shape index (κ3) is 6.94. The number of hydrogen-bond acceptors (Lipinski definition) is 9. The molecular formula is C28H44O10. The van der Waals surface area contributed by atoms with E-state index in [1.54, 1.807) is 19.9 Å². The van der Waals surface area contributed by atoms with Crippen LogP contribution in [-0.2, 0) is 28.6 Å². The van der Waals surface area contributed by atoms with Gasteiger partial charge in [-0.25, -0.2) is 0 Å². The fraction of sp³-hybridized carbons (Fsp3) is 0.821. The summed E-state index contributed by atoms with van der Waals surface area (Å²) in [5.41, 5.74) is -3.37. The van der Waals surface area contributed by atoms with Crippen LogP contribution in [0, 0.1) is 17.3 Å². The zero-order chi connectivity index (χ0) is 28.7. The highest BCUT2D eigenvalue weighted by molar-refractivity contribution is 5.74. The molecule has 1 saturated carbocycles. The molecule has 1 saturated heterocycles. The number of rotatable bonds is 8. The van der Waals surface area contributed by atoms with Crippen LogP contribution in [0.3, 0.4) is 0 Å². The quantitative estimate of drug-likeness (QED) is 0.204. The minimum atomic E-state index is -1.76. The molecule has 8 atom stereocenters. The molecule has 216 valence electrons. The van der Waals surface area contributed by atoms with E-state index in [-0.39, 0.29) is 24.5 Å². The Kier molecular flexibility index (Phi) is 8.73. The van der Waals surface area contributed by atoms with Gasteiger partial charge in [0, 0.05) is 12.3 Å². The summed E-state index contributed by atoms with van der Waals surface area (Å²) in [5, 5.41) is 41.2. The number of aliphatic hydroxyl groups excluding tert-OH is 1. The smallest absolute Gasteiger partial charge is 0.309 e. The molecule has 3 aliphatic rings. The van der Waals surface area contributed by atoms with Gasteiger partial charge in [-0.1, -0.05) is 6.92 Å². The SMILES string of the molecule is CC(=O)OC1C=C(COC(=O)CC(C)(O)CC(=O)O)CCC(O)C2(C)OC2CC2C(C(C)(C)O)CCC12C. The van der Waals surface area contributed by atoms with Crippen molar-refractivity contribution in [1.82, 2.24) is 0 Å². The van der Waals surface area contributed by atoms with Crippen LogP contribution < -0.4 is 0 Å². The highest BCUT2D eigenvalue weighted by Crippen LogP contribution is 2.58. The van der Waals surface area contributed by atoms with Gasteiger partial charge in [0.1, 0.15) is 18.3 Å². The number of fused-ring (bicyclic) bond motifs is 2. The highest BCUT2D eigenvalue weighted by Gasteiger charge is 2.62. The van der Waals surface area contributed by atoms with Crippen molar-refractivity contribution in [3.63, 3.8) is 0 Å². The number of carbonyl (C=O) groups is 3. The van der Waals surface area contributed by atoms with Gasteiger partial charge in [-0.15, -0.1) is 0 Å². The highest BCUT2D eigenvalue weighted by atomic mass is 16.6. The predicted molar refractivity (Wildman–Crippen MR) is 136 cm³/mol. The maximum Gasteiger partial charge on any atom is 0.309 e. The summed E-state index contributed by atoms with van der Waals surface area (Å²) in [5.74, 6) is -2.61. The normalized spacial score (nSPS) is 37.0. The molecule has 0 spiro atoms. The van der Waals surface area contributed by atoms with Gasteiger partial charge in [0.05, 0.1) is 36.3 Å². The Labute approximate surface area is 224 Å². The Morgan fingerprint density at radius 2 is 1.79 bits per heavy atom. The van der Waals surface area contributed by atoms with Crippen molar-refractivity contribution in [2.45, 2.75) is 122 Å². The van der Waals surface area contributed by atoms with E-state index in [1.165, 1.54) is 13.8 Å². The van der Waals surface area contributed by atoms with Crippen molar-refractivity contribution in [2.75, 3.05) is 6.61 Å². The van der Waals surface area contributed by atoms with Crippen LogP contribution in [0.2, 0.25) is 0 Å². The molecule has 10 heteroatoms. The van der Waals surface area contributed by atoms with Crippen molar-refractivity contribution in [3.05, 3.63) is 11.6 Å². The van der Waals surface area contributed by atoms with Gasteiger partial charge >= 0.3 is 17.9 Å². The summed E-state index contributed by atoms with van der Waals surface area (Å²) >= 11 is 0. The summed E-state index contributed by atoms with van der Waals surface area (Å²) in [6, 6.07) is 0. The molecule has 0 amide bonds. The van der Waals surface area contributed by atoms with Crippen LogP contribution in [0.4, 0.5) is 0 Å². The first-order valence-corrected chi connectivity index (χ1v) is 13.4. The van der Waals surface area contributed by atoms with Gasteiger partial charge in [-0.2, -0.15) is 0 Å².